The molecule has 0 saturated carbocycles. The molecule has 0 aliphatic rings. The van der Waals surface area contributed by atoms with Crippen molar-refractivity contribution in [1.82, 2.24) is 0 Å². The molecule has 0 unspecified atom stereocenters. The molecule has 3 rings (SSSR count). The number of fused-ring (bicyclic) bond motifs is 1. The van der Waals surface area contributed by atoms with Crippen LogP contribution in [-0.4, -0.2) is 17.0 Å². The molecule has 0 atom stereocenters. The summed E-state index contributed by atoms with van der Waals surface area (Å²) in [5, 5.41) is 10.2. The van der Waals surface area contributed by atoms with Crippen molar-refractivity contribution in [1.29, 1.82) is 0 Å². The predicted molar refractivity (Wildman–Crippen MR) is 93.0 cm³/mol. The lowest BCUT2D eigenvalue weighted by molar-refractivity contribution is 0.0699. The largest absolute Gasteiger partial charge is 0.489 e. The van der Waals surface area contributed by atoms with Crippen LogP contribution >= 0.6 is 22.9 Å². The van der Waals surface area contributed by atoms with E-state index in [0.29, 0.717) is 20.7 Å². The molecule has 0 aliphatic carbocycles. The highest BCUT2D eigenvalue weighted by Gasteiger charge is 2.21. The van der Waals surface area contributed by atoms with Crippen LogP contribution in [0.3, 0.4) is 0 Å². The minimum absolute atomic E-state index is 0.0165. The van der Waals surface area contributed by atoms with Crippen LogP contribution in [0.2, 0.25) is 5.02 Å². The third-order valence-corrected chi connectivity index (χ3v) is 5.10. The normalized spacial score (nSPS) is 10.9. The molecule has 134 valence electrons. The average Bonchev–Trinajstić information content (AvgIpc) is 2.92. The van der Waals surface area contributed by atoms with Gasteiger partial charge in [0, 0.05) is 32.8 Å². The monoisotopic (exact) mass is 397 g/mol. The summed E-state index contributed by atoms with van der Waals surface area (Å²) in [6, 6.07) is 6.61. The molecule has 0 aliphatic heterocycles. The average molecular weight is 398 g/mol. The van der Waals surface area contributed by atoms with Crippen LogP contribution in [0, 0.1) is 11.6 Å². The number of primary amides is 1. The summed E-state index contributed by atoms with van der Waals surface area (Å²) < 4.78 is 33.6. The maximum atomic E-state index is 13.8. The minimum Gasteiger partial charge on any atom is -0.489 e. The van der Waals surface area contributed by atoms with E-state index >= 15 is 0 Å². The van der Waals surface area contributed by atoms with Gasteiger partial charge in [0.25, 0.3) is 5.91 Å². The Morgan fingerprint density at radius 3 is 2.46 bits per heavy atom. The van der Waals surface area contributed by atoms with Gasteiger partial charge in [-0.25, -0.2) is 13.6 Å². The fraction of sp³-hybridized carbons (Fsp3) is 0.0588. The number of hydrogen-bond acceptors (Lipinski definition) is 4. The number of nitrogens with two attached hydrogens (primary N) is 1. The third-order valence-electron chi connectivity index (χ3n) is 3.60. The van der Waals surface area contributed by atoms with Crippen LogP contribution in [0.25, 0.3) is 10.1 Å². The van der Waals surface area contributed by atoms with E-state index in [-0.39, 0.29) is 17.2 Å². The van der Waals surface area contributed by atoms with Gasteiger partial charge in [-0.15, -0.1) is 11.3 Å². The maximum absolute atomic E-state index is 13.8. The molecule has 3 N–H and O–H groups in total. The Bertz CT molecular complexity index is 1030. The molecule has 1 heterocycles. The molecule has 9 heteroatoms. The molecule has 3 aromatic rings. The van der Waals surface area contributed by atoms with Gasteiger partial charge in [0.1, 0.15) is 34.4 Å². The first-order chi connectivity index (χ1) is 12.3. The van der Waals surface area contributed by atoms with Crippen LogP contribution in [0.5, 0.6) is 5.75 Å². The van der Waals surface area contributed by atoms with Crippen LogP contribution in [0.1, 0.15) is 25.6 Å². The highest BCUT2D eigenvalue weighted by molar-refractivity contribution is 7.21. The lowest BCUT2D eigenvalue weighted by Gasteiger charge is -2.09. The number of benzene rings is 2. The highest BCUT2D eigenvalue weighted by Crippen LogP contribution is 2.37. The molecule has 5 nitrogen and oxygen atoms in total. The van der Waals surface area contributed by atoms with Gasteiger partial charge in [-0.3, -0.25) is 4.79 Å². The number of amides is 1. The molecule has 2 aromatic carbocycles. The second-order valence-corrected chi connectivity index (χ2v) is 6.70. The van der Waals surface area contributed by atoms with E-state index in [9.17, 15) is 23.5 Å². The molecule has 0 spiro atoms. The third kappa shape index (κ3) is 3.21. The Morgan fingerprint density at radius 1 is 1.23 bits per heavy atom. The Hall–Kier alpha value is -2.71. The number of carboxylic acids is 1. The number of thiophene rings is 1. The Kier molecular flexibility index (Phi) is 4.80. The number of hydrogen-bond donors (Lipinski definition) is 2. The van der Waals surface area contributed by atoms with Gasteiger partial charge in [0.15, 0.2) is 0 Å². The summed E-state index contributed by atoms with van der Waals surface area (Å²) in [4.78, 5) is 22.5. The van der Waals surface area contributed by atoms with Gasteiger partial charge >= 0.3 is 5.97 Å². The molecule has 0 saturated heterocycles. The quantitative estimate of drug-likeness (QED) is 0.674. The Morgan fingerprint density at radius 2 is 1.88 bits per heavy atom. The van der Waals surface area contributed by atoms with Gasteiger partial charge in [-0.2, -0.15) is 0 Å². The lowest BCUT2D eigenvalue weighted by Crippen LogP contribution is -2.15. The van der Waals surface area contributed by atoms with Crippen LogP contribution in [0.4, 0.5) is 8.78 Å². The fourth-order valence-corrected chi connectivity index (χ4v) is 3.92. The first-order valence-corrected chi connectivity index (χ1v) is 8.34. The van der Waals surface area contributed by atoms with Crippen LogP contribution in [-0.2, 0) is 6.61 Å². The van der Waals surface area contributed by atoms with Crippen molar-refractivity contribution in [3.63, 3.8) is 0 Å². The zero-order chi connectivity index (χ0) is 19.0. The summed E-state index contributed by atoms with van der Waals surface area (Å²) in [5.74, 6) is -4.95. The van der Waals surface area contributed by atoms with E-state index in [1.165, 1.54) is 0 Å². The molecule has 0 radical (unpaired) electrons. The van der Waals surface area contributed by atoms with Gasteiger partial charge in [0.05, 0.1) is 0 Å². The fourth-order valence-electron chi connectivity index (χ4n) is 2.50. The molecule has 26 heavy (non-hydrogen) atoms. The number of carboxylic acid groups (broad SMARTS) is 1. The number of halogens is 3. The van der Waals surface area contributed by atoms with Gasteiger partial charge < -0.3 is 15.6 Å². The summed E-state index contributed by atoms with van der Waals surface area (Å²) >= 11 is 7.18. The van der Waals surface area contributed by atoms with Crippen molar-refractivity contribution >= 4 is 44.9 Å². The van der Waals surface area contributed by atoms with Crippen molar-refractivity contribution in [2.75, 3.05) is 0 Å². The summed E-state index contributed by atoms with van der Waals surface area (Å²) in [6.07, 6.45) is 0. The maximum Gasteiger partial charge on any atom is 0.346 e. The number of carbonyl (C=O) groups excluding carboxylic acids is 1. The SMILES string of the molecule is NC(=O)c1c(F)cc(OCc2c(C(=O)O)sc3cccc(Cl)c23)cc1F. The van der Waals surface area contributed by atoms with Crippen molar-refractivity contribution in [2.45, 2.75) is 6.61 Å². The highest BCUT2D eigenvalue weighted by atomic mass is 35.5. The standard InChI is InChI=1S/C17H10ClF2NO4S/c18-9-2-1-3-12-13(9)8(15(26-12)17(23)24)6-25-7-4-10(19)14(16(21)22)11(20)5-7/h1-5H,6H2,(H2,21,22)(H,23,24). The first-order valence-electron chi connectivity index (χ1n) is 7.14. The Labute approximate surface area is 154 Å². The van der Waals surface area contributed by atoms with Crippen molar-refractivity contribution in [2.24, 2.45) is 5.73 Å². The second-order valence-electron chi connectivity index (χ2n) is 5.24. The molecule has 1 amide bonds. The number of rotatable bonds is 5. The molecule has 0 fully saturated rings. The first kappa shape index (κ1) is 18.1. The van der Waals surface area contributed by atoms with Crippen molar-refractivity contribution in [3.05, 3.63) is 63.0 Å². The van der Waals surface area contributed by atoms with E-state index in [0.717, 1.165) is 23.5 Å². The van der Waals surface area contributed by atoms with Crippen molar-refractivity contribution in [3.8, 4) is 5.75 Å². The van der Waals surface area contributed by atoms with E-state index in [1.807, 2.05) is 0 Å². The molecular formula is C17H10ClF2NO4S. The summed E-state index contributed by atoms with van der Waals surface area (Å²) in [7, 11) is 0. The van der Waals surface area contributed by atoms with Crippen molar-refractivity contribution < 1.29 is 28.2 Å². The van der Waals surface area contributed by atoms with Gasteiger partial charge in [-0.1, -0.05) is 17.7 Å². The van der Waals surface area contributed by atoms with Gasteiger partial charge in [-0.05, 0) is 12.1 Å². The number of ether oxygens (including phenoxy) is 1. The Balaban J connectivity index is 1.99. The van der Waals surface area contributed by atoms with E-state index in [1.54, 1.807) is 18.2 Å². The topological polar surface area (TPSA) is 89.6 Å². The van der Waals surface area contributed by atoms with E-state index < -0.39 is 29.1 Å². The van der Waals surface area contributed by atoms with Crippen LogP contribution in [0.15, 0.2) is 30.3 Å². The zero-order valence-electron chi connectivity index (χ0n) is 12.9. The second kappa shape index (κ2) is 6.89. The molecule has 0 bridgehead atoms. The lowest BCUT2D eigenvalue weighted by atomic mass is 10.1. The minimum atomic E-state index is -1.24. The number of carbonyl (C=O) groups is 2. The summed E-state index contributed by atoms with van der Waals surface area (Å²) in [6.45, 7) is -0.278. The van der Waals surface area contributed by atoms with Crippen LogP contribution < -0.4 is 10.5 Å². The zero-order valence-corrected chi connectivity index (χ0v) is 14.5. The smallest absolute Gasteiger partial charge is 0.346 e. The predicted octanol–water partition coefficient (Wildman–Crippen LogP) is 4.21. The van der Waals surface area contributed by atoms with E-state index in [4.69, 9.17) is 22.1 Å². The molecular weight excluding hydrogens is 388 g/mol. The van der Waals surface area contributed by atoms with E-state index in [2.05, 4.69) is 0 Å². The number of aromatic carboxylic acids is 1. The summed E-state index contributed by atoms with van der Waals surface area (Å²) in [5.41, 5.74) is 4.34. The molecule has 1 aromatic heterocycles. The van der Waals surface area contributed by atoms with Gasteiger partial charge in [0.2, 0.25) is 0 Å².